The maximum absolute atomic E-state index is 13.5. The molecule has 0 saturated carbocycles. The van der Waals surface area contributed by atoms with E-state index in [2.05, 4.69) is 4.98 Å². The number of amides is 1. The minimum Gasteiger partial charge on any atom is -0.503 e. The van der Waals surface area contributed by atoms with E-state index in [0.29, 0.717) is 42.9 Å². The number of ether oxygens (including phenoxy) is 1. The van der Waals surface area contributed by atoms with Gasteiger partial charge in [-0.05, 0) is 29.7 Å². The molecule has 9 heteroatoms. The molecule has 0 aliphatic carbocycles. The number of nitrogens with one attached hydrogen (secondary N) is 1. The van der Waals surface area contributed by atoms with Crippen molar-refractivity contribution in [3.05, 3.63) is 63.1 Å². The zero-order chi connectivity index (χ0) is 20.3. The molecule has 7 nitrogen and oxygen atoms in total. The molecule has 0 radical (unpaired) electrons. The average molecular weight is 393 g/mol. The minimum atomic E-state index is -0.691. The van der Waals surface area contributed by atoms with Gasteiger partial charge in [-0.25, -0.2) is 13.6 Å². The number of aromatic amines is 1. The monoisotopic (exact) mass is 393 g/mol. The van der Waals surface area contributed by atoms with Crippen LogP contribution < -0.4 is 5.56 Å². The van der Waals surface area contributed by atoms with Crippen LogP contribution in [0.5, 0.6) is 5.75 Å². The molecule has 1 fully saturated rings. The molecular formula is C19H21F2N3O4. The summed E-state index contributed by atoms with van der Waals surface area (Å²) >= 11 is 0. The first-order chi connectivity index (χ1) is 13.4. The third kappa shape index (κ3) is 4.48. The molecule has 2 heterocycles. The maximum Gasteiger partial charge on any atom is 0.409 e. The summed E-state index contributed by atoms with van der Waals surface area (Å²) in [5.74, 6) is -1.79. The van der Waals surface area contributed by atoms with Crippen molar-refractivity contribution < 1.29 is 23.4 Å². The molecule has 1 aliphatic heterocycles. The topological polar surface area (TPSA) is 85.9 Å². The van der Waals surface area contributed by atoms with Gasteiger partial charge >= 0.3 is 6.09 Å². The maximum atomic E-state index is 13.5. The highest BCUT2D eigenvalue weighted by atomic mass is 19.1. The van der Waals surface area contributed by atoms with Crippen LogP contribution in [0, 0.1) is 11.6 Å². The van der Waals surface area contributed by atoms with Gasteiger partial charge in [0, 0.05) is 50.6 Å². The highest BCUT2D eigenvalue weighted by molar-refractivity contribution is 5.67. The fraction of sp³-hybridized carbons (Fsp3) is 0.368. The van der Waals surface area contributed by atoms with E-state index in [-0.39, 0.29) is 13.0 Å². The average Bonchev–Trinajstić information content (AvgIpc) is 2.66. The van der Waals surface area contributed by atoms with Gasteiger partial charge in [-0.3, -0.25) is 9.69 Å². The lowest BCUT2D eigenvalue weighted by molar-refractivity contribution is 0.0885. The summed E-state index contributed by atoms with van der Waals surface area (Å²) in [5, 5.41) is 10.3. The van der Waals surface area contributed by atoms with E-state index in [1.54, 1.807) is 4.90 Å². The molecule has 150 valence electrons. The first-order valence-electron chi connectivity index (χ1n) is 8.80. The highest BCUT2D eigenvalue weighted by Crippen LogP contribution is 2.23. The summed E-state index contributed by atoms with van der Waals surface area (Å²) in [6.45, 7) is 2.27. The zero-order valence-corrected chi connectivity index (χ0v) is 15.4. The Hall–Kier alpha value is -2.94. The number of H-pyrrole nitrogens is 1. The number of rotatable bonds is 4. The normalized spacial score (nSPS) is 14.9. The summed E-state index contributed by atoms with van der Waals surface area (Å²) < 4.78 is 31.7. The van der Waals surface area contributed by atoms with Crippen molar-refractivity contribution >= 4 is 6.09 Å². The van der Waals surface area contributed by atoms with Crippen molar-refractivity contribution in [3.63, 3.8) is 0 Å². The van der Waals surface area contributed by atoms with E-state index in [1.165, 1.54) is 25.4 Å². The molecule has 1 saturated heterocycles. The smallest absolute Gasteiger partial charge is 0.409 e. The molecule has 1 amide bonds. The van der Waals surface area contributed by atoms with Crippen LogP contribution in [0.1, 0.15) is 16.7 Å². The molecule has 1 aromatic heterocycles. The van der Waals surface area contributed by atoms with Crippen LogP contribution in [0.15, 0.2) is 29.2 Å². The number of benzene rings is 1. The Labute approximate surface area is 160 Å². The van der Waals surface area contributed by atoms with E-state index in [0.717, 1.165) is 6.07 Å². The number of aromatic hydroxyl groups is 1. The molecule has 2 N–H and O–H groups in total. The third-order valence-electron chi connectivity index (χ3n) is 4.77. The Morgan fingerprint density at radius 1 is 1.18 bits per heavy atom. The Morgan fingerprint density at radius 2 is 1.82 bits per heavy atom. The fourth-order valence-corrected chi connectivity index (χ4v) is 3.31. The number of hydrogen-bond donors (Lipinski definition) is 2. The van der Waals surface area contributed by atoms with E-state index in [9.17, 15) is 23.5 Å². The largest absolute Gasteiger partial charge is 0.503 e. The number of pyridine rings is 1. The first kappa shape index (κ1) is 19.8. The van der Waals surface area contributed by atoms with Crippen LogP contribution >= 0.6 is 0 Å². The van der Waals surface area contributed by atoms with Gasteiger partial charge in [0.05, 0.1) is 7.11 Å². The number of hydrogen-bond acceptors (Lipinski definition) is 5. The Balaban J connectivity index is 1.80. The molecular weight excluding hydrogens is 372 g/mol. The zero-order valence-electron chi connectivity index (χ0n) is 15.4. The third-order valence-corrected chi connectivity index (χ3v) is 4.77. The lowest BCUT2D eigenvalue weighted by atomic mass is 10.00. The summed E-state index contributed by atoms with van der Waals surface area (Å²) in [6.07, 6.45) is 1.20. The Morgan fingerprint density at radius 3 is 2.43 bits per heavy atom. The number of carbonyl (C=O) groups excluding carboxylic acids is 1. The number of carbonyl (C=O) groups is 1. The van der Waals surface area contributed by atoms with Gasteiger partial charge in [0.15, 0.2) is 5.75 Å². The van der Waals surface area contributed by atoms with Crippen molar-refractivity contribution in [2.24, 2.45) is 0 Å². The van der Waals surface area contributed by atoms with Gasteiger partial charge in [0.1, 0.15) is 11.6 Å². The molecule has 2 aromatic rings. The van der Waals surface area contributed by atoms with Crippen LogP contribution in [0.2, 0.25) is 0 Å². The molecule has 0 unspecified atom stereocenters. The standard InChI is InChI=1S/C19H21F2N3O4/c1-28-19(27)24-4-2-23(3-5-24)11-16-13(10-22-18(26)17(16)25)6-12-7-14(20)9-15(21)8-12/h7-10,25H,2-6,11H2,1H3,(H,22,26). The van der Waals surface area contributed by atoms with Crippen LogP contribution in [0.25, 0.3) is 0 Å². The lowest BCUT2D eigenvalue weighted by Gasteiger charge is -2.34. The highest BCUT2D eigenvalue weighted by Gasteiger charge is 2.23. The predicted molar refractivity (Wildman–Crippen MR) is 97.1 cm³/mol. The van der Waals surface area contributed by atoms with Crippen LogP contribution in [0.4, 0.5) is 13.6 Å². The second-order valence-electron chi connectivity index (χ2n) is 6.66. The summed E-state index contributed by atoms with van der Waals surface area (Å²) in [4.78, 5) is 29.5. The molecule has 3 rings (SSSR count). The van der Waals surface area contributed by atoms with E-state index < -0.39 is 29.0 Å². The number of aromatic nitrogens is 1. The summed E-state index contributed by atoms with van der Waals surface area (Å²) in [6, 6.07) is 3.21. The van der Waals surface area contributed by atoms with E-state index >= 15 is 0 Å². The van der Waals surface area contributed by atoms with Gasteiger partial charge in [0.25, 0.3) is 5.56 Å². The Kier molecular flexibility index (Phi) is 5.93. The van der Waals surface area contributed by atoms with Gasteiger partial charge < -0.3 is 19.7 Å². The van der Waals surface area contributed by atoms with Crippen molar-refractivity contribution in [1.82, 2.24) is 14.8 Å². The molecule has 28 heavy (non-hydrogen) atoms. The van der Waals surface area contributed by atoms with Crippen LogP contribution in [-0.2, 0) is 17.7 Å². The van der Waals surface area contributed by atoms with E-state index in [1.807, 2.05) is 4.90 Å². The van der Waals surface area contributed by atoms with Crippen molar-refractivity contribution in [3.8, 4) is 5.75 Å². The van der Waals surface area contributed by atoms with Gasteiger partial charge in [-0.15, -0.1) is 0 Å². The van der Waals surface area contributed by atoms with Crippen LogP contribution in [-0.4, -0.2) is 59.3 Å². The lowest BCUT2D eigenvalue weighted by Crippen LogP contribution is -2.48. The molecule has 0 spiro atoms. The van der Waals surface area contributed by atoms with Gasteiger partial charge in [-0.2, -0.15) is 0 Å². The van der Waals surface area contributed by atoms with E-state index in [4.69, 9.17) is 4.74 Å². The number of piperazine rings is 1. The minimum absolute atomic E-state index is 0.149. The SMILES string of the molecule is COC(=O)N1CCN(Cc2c(Cc3cc(F)cc(F)c3)c[nH]c(=O)c2O)CC1. The quantitative estimate of drug-likeness (QED) is 0.828. The Bertz CT molecular complexity index is 904. The predicted octanol–water partition coefficient (Wildman–Crippen LogP) is 1.83. The fourth-order valence-electron chi connectivity index (χ4n) is 3.31. The van der Waals surface area contributed by atoms with Gasteiger partial charge in [-0.1, -0.05) is 0 Å². The molecule has 1 aromatic carbocycles. The number of nitrogens with zero attached hydrogens (tertiary/aromatic N) is 2. The summed E-state index contributed by atoms with van der Waals surface area (Å²) in [5.41, 5.74) is 0.732. The van der Waals surface area contributed by atoms with Crippen molar-refractivity contribution in [2.45, 2.75) is 13.0 Å². The van der Waals surface area contributed by atoms with Gasteiger partial charge in [0.2, 0.25) is 0 Å². The van der Waals surface area contributed by atoms with Crippen molar-refractivity contribution in [1.29, 1.82) is 0 Å². The van der Waals surface area contributed by atoms with Crippen LogP contribution in [0.3, 0.4) is 0 Å². The van der Waals surface area contributed by atoms with Crippen molar-refractivity contribution in [2.75, 3.05) is 33.3 Å². The molecule has 0 atom stereocenters. The molecule has 1 aliphatic rings. The number of methoxy groups -OCH3 is 1. The number of halogens is 2. The molecule has 0 bridgehead atoms. The second kappa shape index (κ2) is 8.39. The second-order valence-corrected chi connectivity index (χ2v) is 6.66. The summed E-state index contributed by atoms with van der Waals surface area (Å²) in [7, 11) is 1.32. The first-order valence-corrected chi connectivity index (χ1v) is 8.80.